The van der Waals surface area contributed by atoms with Gasteiger partial charge in [0, 0.05) is 32.8 Å². The first kappa shape index (κ1) is 18.4. The van der Waals surface area contributed by atoms with E-state index < -0.39 is 0 Å². The molecule has 0 radical (unpaired) electrons. The van der Waals surface area contributed by atoms with E-state index in [9.17, 15) is 4.39 Å². The van der Waals surface area contributed by atoms with Gasteiger partial charge in [-0.05, 0) is 37.6 Å². The van der Waals surface area contributed by atoms with Crippen molar-refractivity contribution >= 4 is 5.69 Å². The van der Waals surface area contributed by atoms with E-state index in [2.05, 4.69) is 18.5 Å². The number of nitrogens with zero attached hydrogens (tertiary/aromatic N) is 1. The third-order valence-electron chi connectivity index (χ3n) is 3.23. The molecule has 0 amide bonds. The Morgan fingerprint density at radius 2 is 2.00 bits per heavy atom. The molecular formula is C18H27FN2O. The fourth-order valence-electron chi connectivity index (χ4n) is 2.17. The lowest BCUT2D eigenvalue weighted by atomic mass is 10.1. The molecule has 0 fully saturated rings. The number of benzene rings is 1. The molecule has 0 aliphatic heterocycles. The summed E-state index contributed by atoms with van der Waals surface area (Å²) in [6, 6.07) is 5.22. The summed E-state index contributed by atoms with van der Waals surface area (Å²) in [4.78, 5) is 1.91. The van der Waals surface area contributed by atoms with Crippen molar-refractivity contribution in [2.75, 3.05) is 37.7 Å². The first-order valence-corrected chi connectivity index (χ1v) is 7.76. The maximum atomic E-state index is 14.0. The number of ether oxygens (including phenoxy) is 1. The first-order chi connectivity index (χ1) is 10.7. The van der Waals surface area contributed by atoms with Crippen molar-refractivity contribution < 1.29 is 9.13 Å². The number of rotatable bonds is 12. The minimum Gasteiger partial charge on any atom is -0.382 e. The molecule has 122 valence electrons. The minimum absolute atomic E-state index is 0.219. The van der Waals surface area contributed by atoms with Crippen LogP contribution in [0.5, 0.6) is 0 Å². The molecule has 0 spiro atoms. The van der Waals surface area contributed by atoms with Gasteiger partial charge < -0.3 is 15.0 Å². The largest absolute Gasteiger partial charge is 0.382 e. The molecule has 1 rings (SSSR count). The average Bonchev–Trinajstić information content (AvgIpc) is 2.52. The summed E-state index contributed by atoms with van der Waals surface area (Å²) in [5, 5.41) is 3.35. The fourth-order valence-corrected chi connectivity index (χ4v) is 2.17. The number of nitrogens with one attached hydrogen (secondary N) is 1. The Morgan fingerprint density at radius 3 is 2.64 bits per heavy atom. The summed E-state index contributed by atoms with van der Waals surface area (Å²) in [6.45, 7) is 13.7. The second kappa shape index (κ2) is 11.0. The van der Waals surface area contributed by atoms with Gasteiger partial charge in [0.15, 0.2) is 0 Å². The van der Waals surface area contributed by atoms with Gasteiger partial charge in [-0.2, -0.15) is 0 Å². The lowest BCUT2D eigenvalue weighted by Gasteiger charge is -2.23. The molecule has 3 nitrogen and oxygen atoms in total. The molecule has 0 aliphatic carbocycles. The smallest absolute Gasteiger partial charge is 0.146 e. The van der Waals surface area contributed by atoms with Crippen molar-refractivity contribution in [3.63, 3.8) is 0 Å². The Labute approximate surface area is 133 Å². The lowest BCUT2D eigenvalue weighted by molar-refractivity contribution is 0.144. The molecule has 0 heterocycles. The normalized spacial score (nSPS) is 10.5. The van der Waals surface area contributed by atoms with Crippen molar-refractivity contribution in [2.45, 2.75) is 19.9 Å². The molecule has 22 heavy (non-hydrogen) atoms. The van der Waals surface area contributed by atoms with E-state index in [1.54, 1.807) is 12.2 Å². The van der Waals surface area contributed by atoms with Gasteiger partial charge in [0.1, 0.15) is 5.82 Å². The van der Waals surface area contributed by atoms with Crippen molar-refractivity contribution in [1.82, 2.24) is 5.32 Å². The summed E-state index contributed by atoms with van der Waals surface area (Å²) in [5.74, 6) is -0.219. The number of hydrogen-bond donors (Lipinski definition) is 1. The third kappa shape index (κ3) is 6.41. The zero-order valence-corrected chi connectivity index (χ0v) is 13.5. The number of halogens is 1. The Balaban J connectivity index is 2.60. The second-order valence-corrected chi connectivity index (χ2v) is 5.00. The van der Waals surface area contributed by atoms with E-state index in [0.29, 0.717) is 18.8 Å². The molecule has 0 aliphatic rings. The van der Waals surface area contributed by atoms with Crippen LogP contribution in [-0.2, 0) is 11.3 Å². The van der Waals surface area contributed by atoms with Crippen LogP contribution in [0.3, 0.4) is 0 Å². The fraction of sp³-hybridized carbons (Fsp3) is 0.444. The summed E-state index contributed by atoms with van der Waals surface area (Å²) in [6.07, 6.45) is 4.50. The third-order valence-corrected chi connectivity index (χ3v) is 3.23. The maximum absolute atomic E-state index is 14.0. The molecule has 1 N–H and O–H groups in total. The molecule has 0 atom stereocenters. The summed E-state index contributed by atoms with van der Waals surface area (Å²) >= 11 is 0. The van der Waals surface area contributed by atoms with Crippen molar-refractivity contribution in [1.29, 1.82) is 0 Å². The minimum atomic E-state index is -0.219. The predicted octanol–water partition coefficient (Wildman–Crippen LogP) is 3.52. The Kier molecular flexibility index (Phi) is 9.19. The molecular weight excluding hydrogens is 279 g/mol. The van der Waals surface area contributed by atoms with Gasteiger partial charge in [0.05, 0.1) is 5.69 Å². The number of anilines is 1. The summed E-state index contributed by atoms with van der Waals surface area (Å²) in [5.41, 5.74) is 1.65. The quantitative estimate of drug-likeness (QED) is 0.472. The molecule has 0 saturated carbocycles. The Morgan fingerprint density at radius 1 is 1.27 bits per heavy atom. The van der Waals surface area contributed by atoms with Gasteiger partial charge >= 0.3 is 0 Å². The van der Waals surface area contributed by atoms with E-state index in [1.807, 2.05) is 24.0 Å². The van der Waals surface area contributed by atoms with Crippen molar-refractivity contribution in [3.05, 3.63) is 54.9 Å². The molecule has 0 unspecified atom stereocenters. The molecule has 0 saturated heterocycles. The average molecular weight is 306 g/mol. The highest BCUT2D eigenvalue weighted by Gasteiger charge is 2.10. The standard InChI is InChI=1S/C18H27FN2O/c1-4-11-21(12-5-2)18-14-16(8-9-17(18)19)15-20-10-7-13-22-6-3/h4-5,8-9,14,20H,1-2,6-7,10-13,15H2,3H3. The topological polar surface area (TPSA) is 24.5 Å². The van der Waals surface area contributed by atoms with Gasteiger partial charge in [-0.3, -0.25) is 0 Å². The Bertz CT molecular complexity index is 452. The first-order valence-electron chi connectivity index (χ1n) is 7.76. The monoisotopic (exact) mass is 306 g/mol. The highest BCUT2D eigenvalue weighted by Crippen LogP contribution is 2.21. The molecule has 0 aromatic heterocycles. The van der Waals surface area contributed by atoms with Gasteiger partial charge in [-0.15, -0.1) is 13.2 Å². The van der Waals surface area contributed by atoms with Gasteiger partial charge in [-0.1, -0.05) is 18.2 Å². The molecule has 4 heteroatoms. The van der Waals surface area contributed by atoms with Crippen LogP contribution in [0.25, 0.3) is 0 Å². The SMILES string of the molecule is C=CCN(CC=C)c1cc(CNCCCOCC)ccc1F. The summed E-state index contributed by atoms with van der Waals surface area (Å²) < 4.78 is 19.3. The van der Waals surface area contributed by atoms with Crippen LogP contribution < -0.4 is 10.2 Å². The van der Waals surface area contributed by atoms with Crippen molar-refractivity contribution in [3.8, 4) is 0 Å². The maximum Gasteiger partial charge on any atom is 0.146 e. The van der Waals surface area contributed by atoms with Crippen molar-refractivity contribution in [2.24, 2.45) is 0 Å². The van der Waals surface area contributed by atoms with Crippen LogP contribution in [0, 0.1) is 5.82 Å². The lowest BCUT2D eigenvalue weighted by Crippen LogP contribution is -2.24. The van der Waals surface area contributed by atoms with Gasteiger partial charge in [0.25, 0.3) is 0 Å². The number of hydrogen-bond acceptors (Lipinski definition) is 3. The molecule has 1 aromatic rings. The van der Waals surface area contributed by atoms with E-state index in [4.69, 9.17) is 4.74 Å². The van der Waals surface area contributed by atoms with Crippen LogP contribution in [0.1, 0.15) is 18.9 Å². The Hall–Kier alpha value is -1.65. The van der Waals surface area contributed by atoms with E-state index in [1.165, 1.54) is 6.07 Å². The van der Waals surface area contributed by atoms with Gasteiger partial charge in [-0.25, -0.2) is 4.39 Å². The summed E-state index contributed by atoms with van der Waals surface area (Å²) in [7, 11) is 0. The van der Waals surface area contributed by atoms with Crippen LogP contribution in [0.2, 0.25) is 0 Å². The van der Waals surface area contributed by atoms with Crippen LogP contribution in [0.4, 0.5) is 10.1 Å². The van der Waals surface area contributed by atoms with Crippen LogP contribution in [0.15, 0.2) is 43.5 Å². The second-order valence-electron chi connectivity index (χ2n) is 5.00. The van der Waals surface area contributed by atoms with Crippen LogP contribution in [-0.4, -0.2) is 32.8 Å². The van der Waals surface area contributed by atoms with E-state index in [0.717, 1.165) is 38.3 Å². The molecule has 1 aromatic carbocycles. The molecule has 0 bridgehead atoms. The zero-order chi connectivity index (χ0) is 16.2. The van der Waals surface area contributed by atoms with E-state index in [-0.39, 0.29) is 5.82 Å². The zero-order valence-electron chi connectivity index (χ0n) is 13.5. The van der Waals surface area contributed by atoms with Crippen LogP contribution >= 0.6 is 0 Å². The van der Waals surface area contributed by atoms with E-state index >= 15 is 0 Å². The highest BCUT2D eigenvalue weighted by atomic mass is 19.1. The highest BCUT2D eigenvalue weighted by molar-refractivity contribution is 5.51. The predicted molar refractivity (Wildman–Crippen MR) is 91.8 cm³/mol. The van der Waals surface area contributed by atoms with Gasteiger partial charge in [0.2, 0.25) is 0 Å².